The molecule has 104 valence electrons. The van der Waals surface area contributed by atoms with Gasteiger partial charge in [0.2, 0.25) is 0 Å². The molecule has 0 spiro atoms. The van der Waals surface area contributed by atoms with Crippen molar-refractivity contribution < 1.29 is 14.6 Å². The summed E-state index contributed by atoms with van der Waals surface area (Å²) in [5.41, 5.74) is 2.24. The van der Waals surface area contributed by atoms with E-state index in [2.05, 4.69) is 13.8 Å². The van der Waals surface area contributed by atoms with Gasteiger partial charge in [0.1, 0.15) is 12.4 Å². The van der Waals surface area contributed by atoms with Gasteiger partial charge >= 0.3 is 5.97 Å². The van der Waals surface area contributed by atoms with Crippen molar-refractivity contribution in [2.24, 2.45) is 0 Å². The smallest absolute Gasteiger partial charge is 0.331 e. The summed E-state index contributed by atoms with van der Waals surface area (Å²) in [5, 5.41) is 9.48. The number of aliphatic carboxylic acids is 1. The number of carboxylic acids is 1. The lowest BCUT2D eigenvalue weighted by atomic mass is 10.0. The van der Waals surface area contributed by atoms with Gasteiger partial charge in [0, 0.05) is 10.6 Å². The number of rotatable bonds is 5. The third-order valence-corrected chi connectivity index (χ3v) is 3.21. The van der Waals surface area contributed by atoms with Crippen LogP contribution in [0.25, 0.3) is 0 Å². The molecule has 3 nitrogen and oxygen atoms in total. The molecule has 0 aliphatic rings. The molecule has 0 radical (unpaired) electrons. The normalized spacial score (nSPS) is 11.8. The Morgan fingerprint density at radius 2 is 2.11 bits per heavy atom. The lowest BCUT2D eigenvalue weighted by Crippen LogP contribution is -2.02. The molecule has 0 aromatic heterocycles. The summed E-state index contributed by atoms with van der Waals surface area (Å²) >= 11 is 6.18. The van der Waals surface area contributed by atoms with Gasteiger partial charge in [0.15, 0.2) is 0 Å². The fraction of sp³-hybridized carbons (Fsp3) is 0.400. The Hall–Kier alpha value is -1.48. The molecular weight excluding hydrogens is 264 g/mol. The molecule has 4 heteroatoms. The number of carbonyl (C=O) groups is 1. The average molecular weight is 283 g/mol. The lowest BCUT2D eigenvalue weighted by Gasteiger charge is -2.14. The molecule has 0 heterocycles. The molecule has 1 rings (SSSR count). The summed E-state index contributed by atoms with van der Waals surface area (Å²) in [5.74, 6) is 0.119. The molecule has 0 aliphatic heterocycles. The number of hydrogen-bond donors (Lipinski definition) is 1. The van der Waals surface area contributed by atoms with E-state index in [4.69, 9.17) is 21.4 Å². The van der Waals surface area contributed by atoms with E-state index in [0.29, 0.717) is 5.92 Å². The number of carboxylic acid groups (broad SMARTS) is 1. The third-order valence-electron chi connectivity index (χ3n) is 2.88. The molecule has 0 fully saturated rings. The van der Waals surface area contributed by atoms with E-state index in [0.717, 1.165) is 21.9 Å². The minimum atomic E-state index is -0.931. The average Bonchev–Trinajstić information content (AvgIpc) is 2.30. The Labute approximate surface area is 118 Å². The summed E-state index contributed by atoms with van der Waals surface area (Å²) in [7, 11) is 0. The van der Waals surface area contributed by atoms with Crippen LogP contribution in [0.1, 0.15) is 37.8 Å². The van der Waals surface area contributed by atoms with Crippen LogP contribution in [0.3, 0.4) is 0 Å². The van der Waals surface area contributed by atoms with Gasteiger partial charge in [0.05, 0.1) is 0 Å². The Kier molecular flexibility index (Phi) is 5.43. The molecule has 0 atom stereocenters. The Bertz CT molecular complexity index is 504. The number of hydrogen-bond acceptors (Lipinski definition) is 2. The SMILES string of the molecule is CC(=CCOc1cc(C(C)C)c(Cl)cc1C)C(=O)O. The summed E-state index contributed by atoms with van der Waals surface area (Å²) in [4.78, 5) is 10.7. The largest absolute Gasteiger partial charge is 0.489 e. The minimum absolute atomic E-state index is 0.234. The first-order chi connectivity index (χ1) is 8.82. The highest BCUT2D eigenvalue weighted by Gasteiger charge is 2.10. The van der Waals surface area contributed by atoms with Gasteiger partial charge in [-0.25, -0.2) is 4.79 Å². The fourth-order valence-corrected chi connectivity index (χ4v) is 2.05. The van der Waals surface area contributed by atoms with Gasteiger partial charge in [-0.05, 0) is 49.1 Å². The fourth-order valence-electron chi connectivity index (χ4n) is 1.61. The van der Waals surface area contributed by atoms with Crippen molar-refractivity contribution in [2.75, 3.05) is 6.61 Å². The molecule has 0 bridgehead atoms. The molecule has 0 unspecified atom stereocenters. The van der Waals surface area contributed by atoms with E-state index in [1.165, 1.54) is 0 Å². The first-order valence-corrected chi connectivity index (χ1v) is 6.53. The van der Waals surface area contributed by atoms with Crippen LogP contribution in [0.2, 0.25) is 5.02 Å². The van der Waals surface area contributed by atoms with Crippen LogP contribution in [0.15, 0.2) is 23.8 Å². The van der Waals surface area contributed by atoms with Crippen molar-refractivity contribution in [3.05, 3.63) is 39.9 Å². The van der Waals surface area contributed by atoms with Crippen LogP contribution in [0, 0.1) is 6.92 Å². The zero-order valence-electron chi connectivity index (χ0n) is 11.7. The molecule has 1 aromatic rings. The molecule has 0 amide bonds. The molecule has 19 heavy (non-hydrogen) atoms. The quantitative estimate of drug-likeness (QED) is 0.824. The number of halogens is 1. The predicted octanol–water partition coefficient (Wildman–Crippen LogP) is 4.18. The first-order valence-electron chi connectivity index (χ1n) is 6.15. The van der Waals surface area contributed by atoms with Crippen molar-refractivity contribution in [1.29, 1.82) is 0 Å². The number of aryl methyl sites for hydroxylation is 1. The van der Waals surface area contributed by atoms with Gasteiger partial charge in [0.25, 0.3) is 0 Å². The molecule has 1 N–H and O–H groups in total. The summed E-state index contributed by atoms with van der Waals surface area (Å²) in [6.07, 6.45) is 1.55. The number of ether oxygens (including phenoxy) is 1. The highest BCUT2D eigenvalue weighted by molar-refractivity contribution is 6.31. The van der Waals surface area contributed by atoms with Crippen LogP contribution in [-0.2, 0) is 4.79 Å². The zero-order chi connectivity index (χ0) is 14.6. The lowest BCUT2D eigenvalue weighted by molar-refractivity contribution is -0.132. The third kappa shape index (κ3) is 4.28. The van der Waals surface area contributed by atoms with Crippen LogP contribution in [-0.4, -0.2) is 17.7 Å². The Morgan fingerprint density at radius 1 is 1.47 bits per heavy atom. The van der Waals surface area contributed by atoms with Crippen LogP contribution in [0.4, 0.5) is 0 Å². The van der Waals surface area contributed by atoms with Gasteiger partial charge < -0.3 is 9.84 Å². The van der Waals surface area contributed by atoms with Crippen molar-refractivity contribution in [3.8, 4) is 5.75 Å². The molecule has 1 aromatic carbocycles. The van der Waals surface area contributed by atoms with Gasteiger partial charge in [-0.2, -0.15) is 0 Å². The van der Waals surface area contributed by atoms with E-state index in [1.807, 2.05) is 19.1 Å². The second-order valence-electron chi connectivity index (χ2n) is 4.80. The van der Waals surface area contributed by atoms with Crippen LogP contribution < -0.4 is 4.74 Å². The zero-order valence-corrected chi connectivity index (χ0v) is 12.4. The first kappa shape index (κ1) is 15.6. The van der Waals surface area contributed by atoms with Crippen molar-refractivity contribution in [1.82, 2.24) is 0 Å². The summed E-state index contributed by atoms with van der Waals surface area (Å²) < 4.78 is 5.61. The Morgan fingerprint density at radius 3 is 2.63 bits per heavy atom. The predicted molar refractivity (Wildman–Crippen MR) is 77.2 cm³/mol. The van der Waals surface area contributed by atoms with E-state index < -0.39 is 5.97 Å². The standard InChI is InChI=1S/C15H19ClO3/c1-9(2)12-8-14(11(4)7-13(12)16)19-6-5-10(3)15(17)18/h5,7-9H,6H2,1-4H3,(H,17,18). The highest BCUT2D eigenvalue weighted by Crippen LogP contribution is 2.31. The maximum absolute atomic E-state index is 10.7. The van der Waals surface area contributed by atoms with Crippen molar-refractivity contribution in [2.45, 2.75) is 33.6 Å². The monoisotopic (exact) mass is 282 g/mol. The Balaban J connectivity index is 2.87. The van der Waals surface area contributed by atoms with Crippen LogP contribution in [0.5, 0.6) is 5.75 Å². The topological polar surface area (TPSA) is 46.5 Å². The van der Waals surface area contributed by atoms with Gasteiger partial charge in [-0.1, -0.05) is 25.4 Å². The molecule has 0 saturated carbocycles. The van der Waals surface area contributed by atoms with E-state index in [1.54, 1.807) is 13.0 Å². The summed E-state index contributed by atoms with van der Waals surface area (Å²) in [6.45, 7) is 7.82. The van der Waals surface area contributed by atoms with E-state index in [-0.39, 0.29) is 12.2 Å². The molecule has 0 saturated heterocycles. The highest BCUT2D eigenvalue weighted by atomic mass is 35.5. The van der Waals surface area contributed by atoms with Gasteiger partial charge in [-0.3, -0.25) is 0 Å². The van der Waals surface area contributed by atoms with Crippen LogP contribution >= 0.6 is 11.6 Å². The second kappa shape index (κ2) is 6.62. The maximum atomic E-state index is 10.7. The summed E-state index contributed by atoms with van der Waals surface area (Å²) in [6, 6.07) is 3.80. The number of benzene rings is 1. The second-order valence-corrected chi connectivity index (χ2v) is 5.20. The van der Waals surface area contributed by atoms with Gasteiger partial charge in [-0.15, -0.1) is 0 Å². The van der Waals surface area contributed by atoms with Crippen molar-refractivity contribution >= 4 is 17.6 Å². The van der Waals surface area contributed by atoms with Crippen molar-refractivity contribution in [3.63, 3.8) is 0 Å². The van der Waals surface area contributed by atoms with E-state index >= 15 is 0 Å². The maximum Gasteiger partial charge on any atom is 0.331 e. The van der Waals surface area contributed by atoms with E-state index in [9.17, 15) is 4.79 Å². The minimum Gasteiger partial charge on any atom is -0.489 e. The molecule has 0 aliphatic carbocycles. The molecular formula is C15H19ClO3.